The summed E-state index contributed by atoms with van der Waals surface area (Å²) in [5.74, 6) is 1.09. The first kappa shape index (κ1) is 12.6. The van der Waals surface area contributed by atoms with Gasteiger partial charge in [-0.25, -0.2) is 0 Å². The molecule has 1 heterocycles. The molecule has 4 heteroatoms. The number of methoxy groups -OCH3 is 1. The molecule has 0 atom stereocenters. The van der Waals surface area contributed by atoms with E-state index in [1.54, 1.807) is 7.11 Å². The largest absolute Gasteiger partial charge is 0.383 e. The Balaban J connectivity index is 1.98. The van der Waals surface area contributed by atoms with E-state index in [4.69, 9.17) is 9.26 Å². The van der Waals surface area contributed by atoms with E-state index in [1.165, 1.54) is 12.0 Å². The van der Waals surface area contributed by atoms with Crippen LogP contribution in [0.4, 0.5) is 0 Å². The first-order valence-corrected chi connectivity index (χ1v) is 6.28. The van der Waals surface area contributed by atoms with Crippen LogP contribution >= 0.6 is 0 Å². The van der Waals surface area contributed by atoms with Crippen LogP contribution < -0.4 is 5.32 Å². The van der Waals surface area contributed by atoms with Crippen molar-refractivity contribution in [3.8, 4) is 0 Å². The summed E-state index contributed by atoms with van der Waals surface area (Å²) in [5, 5.41) is 7.50. The van der Waals surface area contributed by atoms with Crippen LogP contribution in [0.15, 0.2) is 4.52 Å². The predicted octanol–water partition coefficient (Wildman–Crippen LogP) is 1.93. The highest BCUT2D eigenvalue weighted by Crippen LogP contribution is 2.36. The van der Waals surface area contributed by atoms with Crippen LogP contribution in [0.25, 0.3) is 0 Å². The molecule has 0 aliphatic heterocycles. The minimum atomic E-state index is 0.375. The van der Waals surface area contributed by atoms with Gasteiger partial charge in [-0.15, -0.1) is 0 Å². The van der Waals surface area contributed by atoms with E-state index in [0.717, 1.165) is 44.0 Å². The van der Waals surface area contributed by atoms with E-state index in [0.29, 0.717) is 5.41 Å². The lowest BCUT2D eigenvalue weighted by molar-refractivity contribution is 0.199. The predicted molar refractivity (Wildman–Crippen MR) is 65.9 cm³/mol. The normalized spacial score (nSPS) is 18.1. The van der Waals surface area contributed by atoms with Crippen molar-refractivity contribution in [2.24, 2.45) is 5.41 Å². The fourth-order valence-corrected chi connectivity index (χ4v) is 2.32. The maximum Gasteiger partial charge on any atom is 0.140 e. The Hall–Kier alpha value is -0.870. The summed E-state index contributed by atoms with van der Waals surface area (Å²) in [6.07, 6.45) is 3.28. The molecule has 0 radical (unpaired) electrons. The lowest BCUT2D eigenvalue weighted by Crippen LogP contribution is -2.24. The maximum atomic E-state index is 5.42. The molecule has 0 spiro atoms. The van der Waals surface area contributed by atoms with E-state index in [1.807, 2.05) is 0 Å². The van der Waals surface area contributed by atoms with Crippen molar-refractivity contribution in [3.05, 3.63) is 17.0 Å². The van der Waals surface area contributed by atoms with Gasteiger partial charge in [0.25, 0.3) is 0 Å². The molecule has 1 aliphatic carbocycles. The summed E-state index contributed by atoms with van der Waals surface area (Å²) < 4.78 is 10.4. The second-order valence-corrected chi connectivity index (χ2v) is 5.54. The lowest BCUT2D eigenvalue weighted by atomic mass is 9.76. The van der Waals surface area contributed by atoms with Crippen LogP contribution in [0.2, 0.25) is 0 Å². The molecule has 0 unspecified atom stereocenters. The van der Waals surface area contributed by atoms with Gasteiger partial charge in [-0.3, -0.25) is 0 Å². The molecular weight excluding hydrogens is 216 g/mol. The molecule has 1 aliphatic rings. The zero-order chi connectivity index (χ0) is 12.3. The van der Waals surface area contributed by atoms with Crippen LogP contribution in [0.1, 0.15) is 37.3 Å². The summed E-state index contributed by atoms with van der Waals surface area (Å²) in [6.45, 7) is 6.97. The van der Waals surface area contributed by atoms with Crippen LogP contribution in [-0.4, -0.2) is 25.4 Å². The highest BCUT2D eigenvalue weighted by atomic mass is 16.5. The Morgan fingerprint density at radius 1 is 1.47 bits per heavy atom. The molecule has 0 fully saturated rings. The van der Waals surface area contributed by atoms with Crippen molar-refractivity contribution in [1.82, 2.24) is 10.5 Å². The lowest BCUT2D eigenvalue weighted by Gasteiger charge is -2.28. The second-order valence-electron chi connectivity index (χ2n) is 5.54. The van der Waals surface area contributed by atoms with Gasteiger partial charge in [0, 0.05) is 32.2 Å². The number of aryl methyl sites for hydroxylation is 1. The van der Waals surface area contributed by atoms with Gasteiger partial charge < -0.3 is 14.6 Å². The number of hydrogen-bond donors (Lipinski definition) is 1. The van der Waals surface area contributed by atoms with Crippen molar-refractivity contribution in [3.63, 3.8) is 0 Å². The molecule has 0 amide bonds. The van der Waals surface area contributed by atoms with Crippen molar-refractivity contribution >= 4 is 0 Å². The Morgan fingerprint density at radius 3 is 3.06 bits per heavy atom. The number of rotatable bonds is 5. The third kappa shape index (κ3) is 3.07. The zero-order valence-electron chi connectivity index (χ0n) is 11.0. The number of aromatic nitrogens is 1. The van der Waals surface area contributed by atoms with Crippen LogP contribution in [0.3, 0.4) is 0 Å². The van der Waals surface area contributed by atoms with Crippen molar-refractivity contribution in [1.29, 1.82) is 0 Å². The average Bonchev–Trinajstić information content (AvgIpc) is 2.66. The van der Waals surface area contributed by atoms with Gasteiger partial charge in [-0.1, -0.05) is 19.0 Å². The molecule has 96 valence electrons. The molecule has 0 bridgehead atoms. The minimum absolute atomic E-state index is 0.375. The van der Waals surface area contributed by atoms with Crippen LogP contribution in [0.5, 0.6) is 0 Å². The highest BCUT2D eigenvalue weighted by molar-refractivity contribution is 5.27. The first-order valence-electron chi connectivity index (χ1n) is 6.28. The quantitative estimate of drug-likeness (QED) is 0.796. The van der Waals surface area contributed by atoms with Crippen molar-refractivity contribution in [2.45, 2.75) is 39.7 Å². The molecule has 1 aromatic rings. The highest BCUT2D eigenvalue weighted by Gasteiger charge is 2.30. The number of ether oxygens (including phenoxy) is 1. The Labute approximate surface area is 103 Å². The van der Waals surface area contributed by atoms with Gasteiger partial charge >= 0.3 is 0 Å². The SMILES string of the molecule is COCCNCc1noc2c1CC(C)(C)CC2. The Kier molecular flexibility index (Phi) is 3.84. The molecule has 0 saturated carbocycles. The summed E-state index contributed by atoms with van der Waals surface area (Å²) >= 11 is 0. The van der Waals surface area contributed by atoms with Gasteiger partial charge in [0.15, 0.2) is 0 Å². The maximum absolute atomic E-state index is 5.42. The second kappa shape index (κ2) is 5.19. The van der Waals surface area contributed by atoms with Crippen molar-refractivity contribution < 1.29 is 9.26 Å². The summed E-state index contributed by atoms with van der Waals surface area (Å²) in [5.41, 5.74) is 2.77. The first-order chi connectivity index (χ1) is 8.12. The molecule has 0 aromatic carbocycles. The number of hydrogen-bond acceptors (Lipinski definition) is 4. The van der Waals surface area contributed by atoms with E-state index >= 15 is 0 Å². The molecule has 2 rings (SSSR count). The molecule has 4 nitrogen and oxygen atoms in total. The van der Waals surface area contributed by atoms with Crippen molar-refractivity contribution in [2.75, 3.05) is 20.3 Å². The summed E-state index contributed by atoms with van der Waals surface area (Å²) in [7, 11) is 1.71. The molecular formula is C13H22N2O2. The molecule has 1 N–H and O–H groups in total. The topological polar surface area (TPSA) is 47.3 Å². The minimum Gasteiger partial charge on any atom is -0.383 e. The number of nitrogens with one attached hydrogen (secondary N) is 1. The smallest absolute Gasteiger partial charge is 0.140 e. The summed E-state index contributed by atoms with van der Waals surface area (Å²) in [4.78, 5) is 0. The monoisotopic (exact) mass is 238 g/mol. The van der Waals surface area contributed by atoms with Crippen LogP contribution in [-0.2, 0) is 24.1 Å². The van der Waals surface area contributed by atoms with Gasteiger partial charge in [-0.05, 0) is 18.3 Å². The summed E-state index contributed by atoms with van der Waals surface area (Å²) in [6, 6.07) is 0. The average molecular weight is 238 g/mol. The molecule has 1 aromatic heterocycles. The van der Waals surface area contributed by atoms with Gasteiger partial charge in [0.05, 0.1) is 6.61 Å². The standard InChI is InChI=1S/C13H22N2O2/c1-13(2)5-4-12-10(8-13)11(15-17-12)9-14-6-7-16-3/h14H,4-9H2,1-3H3. The van der Waals surface area contributed by atoms with E-state index in [2.05, 4.69) is 24.3 Å². The zero-order valence-corrected chi connectivity index (χ0v) is 11.0. The number of nitrogens with zero attached hydrogens (tertiary/aromatic N) is 1. The fraction of sp³-hybridized carbons (Fsp3) is 0.769. The number of fused-ring (bicyclic) bond motifs is 1. The third-order valence-corrected chi connectivity index (χ3v) is 3.41. The molecule has 17 heavy (non-hydrogen) atoms. The van der Waals surface area contributed by atoms with E-state index in [9.17, 15) is 0 Å². The fourth-order valence-electron chi connectivity index (χ4n) is 2.32. The molecule has 0 saturated heterocycles. The Morgan fingerprint density at radius 2 is 2.29 bits per heavy atom. The van der Waals surface area contributed by atoms with Gasteiger partial charge in [0.1, 0.15) is 11.5 Å². The van der Waals surface area contributed by atoms with Crippen LogP contribution in [0, 0.1) is 5.41 Å². The van der Waals surface area contributed by atoms with Gasteiger partial charge in [-0.2, -0.15) is 0 Å². The van der Waals surface area contributed by atoms with E-state index in [-0.39, 0.29) is 0 Å². The third-order valence-electron chi connectivity index (χ3n) is 3.41. The van der Waals surface area contributed by atoms with E-state index < -0.39 is 0 Å². The Bertz CT molecular complexity index is 371. The van der Waals surface area contributed by atoms with Gasteiger partial charge in [0.2, 0.25) is 0 Å².